The van der Waals surface area contributed by atoms with Gasteiger partial charge in [0.25, 0.3) is 0 Å². The van der Waals surface area contributed by atoms with Gasteiger partial charge in [0.05, 0.1) is 19.3 Å². The van der Waals surface area contributed by atoms with Gasteiger partial charge in [-0.05, 0) is 25.3 Å². The second-order valence-corrected chi connectivity index (χ2v) is 4.99. The van der Waals surface area contributed by atoms with Crippen LogP contribution in [0.3, 0.4) is 0 Å². The van der Waals surface area contributed by atoms with E-state index < -0.39 is 6.29 Å². The van der Waals surface area contributed by atoms with Crippen LogP contribution in [0.2, 0.25) is 0 Å². The zero-order valence-electron chi connectivity index (χ0n) is 13.5. The molecular weight excluding hydrogens is 278 g/mol. The summed E-state index contributed by atoms with van der Waals surface area (Å²) in [7, 11) is 0. The number of nitrogens with zero attached hydrogens (tertiary/aromatic N) is 1. The number of morpholine rings is 1. The minimum absolute atomic E-state index is 0.0495. The molecule has 1 aliphatic rings. The van der Waals surface area contributed by atoms with E-state index in [0.717, 1.165) is 26.3 Å². The van der Waals surface area contributed by atoms with Gasteiger partial charge < -0.3 is 14.2 Å². The molecule has 0 N–H and O–H groups in total. The standard InChI is InChI=1S/C18H25NO3/c1-3-21-18(22-4-2)11-10-17(16-8-6-5-7-9-16)19-12-14-20-15-13-19/h5-9,17-18H,3-4,12-15H2,1-2H3. The lowest BCUT2D eigenvalue weighted by molar-refractivity contribution is -0.0971. The van der Waals surface area contributed by atoms with E-state index in [2.05, 4.69) is 28.9 Å². The van der Waals surface area contributed by atoms with Gasteiger partial charge in [-0.2, -0.15) is 0 Å². The molecule has 0 spiro atoms. The molecule has 0 amide bonds. The molecule has 0 aliphatic carbocycles. The third kappa shape index (κ3) is 5.11. The molecule has 1 aromatic carbocycles. The van der Waals surface area contributed by atoms with Crippen LogP contribution >= 0.6 is 0 Å². The lowest BCUT2D eigenvalue weighted by Gasteiger charge is -2.31. The summed E-state index contributed by atoms with van der Waals surface area (Å²) in [5.41, 5.74) is 1.20. The maximum Gasteiger partial charge on any atom is 0.222 e. The molecule has 0 saturated carbocycles. The summed E-state index contributed by atoms with van der Waals surface area (Å²) in [5, 5.41) is 0. The van der Waals surface area contributed by atoms with Gasteiger partial charge >= 0.3 is 0 Å². The molecule has 1 saturated heterocycles. The van der Waals surface area contributed by atoms with Crippen molar-refractivity contribution < 1.29 is 14.2 Å². The lowest BCUT2D eigenvalue weighted by Crippen LogP contribution is -2.38. The van der Waals surface area contributed by atoms with Gasteiger partial charge in [-0.25, -0.2) is 0 Å². The van der Waals surface area contributed by atoms with Crippen molar-refractivity contribution in [1.82, 2.24) is 4.90 Å². The van der Waals surface area contributed by atoms with Crippen LogP contribution in [0.15, 0.2) is 30.3 Å². The molecule has 0 bridgehead atoms. The number of hydrogen-bond acceptors (Lipinski definition) is 4. The molecule has 1 unspecified atom stereocenters. The summed E-state index contributed by atoms with van der Waals surface area (Å²) in [6.45, 7) is 8.37. The Morgan fingerprint density at radius 2 is 1.68 bits per heavy atom. The van der Waals surface area contributed by atoms with Crippen molar-refractivity contribution >= 4 is 0 Å². The van der Waals surface area contributed by atoms with Gasteiger partial charge in [0, 0.05) is 26.3 Å². The summed E-state index contributed by atoms with van der Waals surface area (Å²) >= 11 is 0. The van der Waals surface area contributed by atoms with Gasteiger partial charge in [0.1, 0.15) is 0 Å². The van der Waals surface area contributed by atoms with Crippen LogP contribution in [-0.4, -0.2) is 50.7 Å². The Morgan fingerprint density at radius 1 is 1.05 bits per heavy atom. The number of hydrogen-bond donors (Lipinski definition) is 0. The first kappa shape index (κ1) is 17.0. The summed E-state index contributed by atoms with van der Waals surface area (Å²) < 4.78 is 16.5. The Morgan fingerprint density at radius 3 is 2.27 bits per heavy atom. The van der Waals surface area contributed by atoms with Crippen LogP contribution in [0.1, 0.15) is 25.5 Å². The fourth-order valence-electron chi connectivity index (χ4n) is 2.44. The minimum atomic E-state index is -0.456. The number of ether oxygens (including phenoxy) is 3. The Balaban J connectivity index is 2.17. The average Bonchev–Trinajstić information content (AvgIpc) is 2.57. The van der Waals surface area contributed by atoms with E-state index in [-0.39, 0.29) is 6.04 Å². The van der Waals surface area contributed by atoms with Crippen LogP contribution in [0.25, 0.3) is 0 Å². The quantitative estimate of drug-likeness (QED) is 0.597. The minimum Gasteiger partial charge on any atom is -0.379 e. The SMILES string of the molecule is CCOC(C#CC(c1ccccc1)N1CCOCC1)OCC. The molecule has 1 aromatic rings. The molecule has 0 aromatic heterocycles. The fourth-order valence-corrected chi connectivity index (χ4v) is 2.44. The molecule has 2 rings (SSSR count). The van der Waals surface area contributed by atoms with E-state index in [1.807, 2.05) is 32.0 Å². The van der Waals surface area contributed by atoms with Gasteiger partial charge in [-0.1, -0.05) is 36.3 Å². The highest BCUT2D eigenvalue weighted by atomic mass is 16.7. The molecule has 1 aliphatic heterocycles. The third-order valence-electron chi connectivity index (χ3n) is 3.50. The van der Waals surface area contributed by atoms with Crippen molar-refractivity contribution in [2.45, 2.75) is 26.2 Å². The predicted molar refractivity (Wildman–Crippen MR) is 86.4 cm³/mol. The van der Waals surface area contributed by atoms with Crippen molar-refractivity contribution in [3.05, 3.63) is 35.9 Å². The van der Waals surface area contributed by atoms with Gasteiger partial charge in [0.15, 0.2) is 0 Å². The molecular formula is C18H25NO3. The van der Waals surface area contributed by atoms with E-state index in [4.69, 9.17) is 14.2 Å². The highest BCUT2D eigenvalue weighted by Gasteiger charge is 2.21. The summed E-state index contributed by atoms with van der Waals surface area (Å²) in [6, 6.07) is 10.4. The number of benzene rings is 1. The Hall–Kier alpha value is -1.38. The molecule has 1 heterocycles. The van der Waals surface area contributed by atoms with Crippen LogP contribution in [0, 0.1) is 11.8 Å². The lowest BCUT2D eigenvalue weighted by atomic mass is 10.1. The predicted octanol–water partition coefficient (Wildman–Crippen LogP) is 2.46. The van der Waals surface area contributed by atoms with Crippen LogP contribution in [0.5, 0.6) is 0 Å². The van der Waals surface area contributed by atoms with Crippen molar-refractivity contribution in [2.24, 2.45) is 0 Å². The van der Waals surface area contributed by atoms with Crippen LogP contribution in [-0.2, 0) is 14.2 Å². The smallest absolute Gasteiger partial charge is 0.222 e. The third-order valence-corrected chi connectivity index (χ3v) is 3.50. The number of rotatable bonds is 6. The van der Waals surface area contributed by atoms with Gasteiger partial charge in [0.2, 0.25) is 6.29 Å². The summed E-state index contributed by atoms with van der Waals surface area (Å²) in [4.78, 5) is 2.35. The Bertz CT molecular complexity index is 468. The molecule has 4 heteroatoms. The second-order valence-electron chi connectivity index (χ2n) is 4.99. The Labute approximate surface area is 133 Å². The van der Waals surface area contributed by atoms with Crippen molar-refractivity contribution in [3.8, 4) is 11.8 Å². The molecule has 1 fully saturated rings. The van der Waals surface area contributed by atoms with E-state index in [9.17, 15) is 0 Å². The maximum absolute atomic E-state index is 5.52. The first-order valence-electron chi connectivity index (χ1n) is 7.96. The van der Waals surface area contributed by atoms with Crippen molar-refractivity contribution in [1.29, 1.82) is 0 Å². The average molecular weight is 303 g/mol. The molecule has 22 heavy (non-hydrogen) atoms. The normalized spacial score (nSPS) is 17.0. The zero-order chi connectivity index (χ0) is 15.6. The van der Waals surface area contributed by atoms with Gasteiger partial charge in [-0.3, -0.25) is 4.90 Å². The van der Waals surface area contributed by atoms with Crippen molar-refractivity contribution in [3.63, 3.8) is 0 Å². The first-order chi connectivity index (χ1) is 10.8. The maximum atomic E-state index is 5.52. The zero-order valence-corrected chi connectivity index (χ0v) is 13.5. The van der Waals surface area contributed by atoms with E-state index in [0.29, 0.717) is 13.2 Å². The van der Waals surface area contributed by atoms with E-state index in [1.165, 1.54) is 5.56 Å². The summed E-state index contributed by atoms with van der Waals surface area (Å²) in [5.74, 6) is 6.49. The molecule has 4 nitrogen and oxygen atoms in total. The first-order valence-corrected chi connectivity index (χ1v) is 7.96. The van der Waals surface area contributed by atoms with Crippen LogP contribution in [0.4, 0.5) is 0 Å². The largest absolute Gasteiger partial charge is 0.379 e. The Kier molecular flexibility index (Phi) is 7.41. The molecule has 120 valence electrons. The second kappa shape index (κ2) is 9.60. The van der Waals surface area contributed by atoms with Gasteiger partial charge in [-0.15, -0.1) is 0 Å². The van der Waals surface area contributed by atoms with Crippen LogP contribution < -0.4 is 0 Å². The molecule has 1 atom stereocenters. The van der Waals surface area contributed by atoms with Crippen molar-refractivity contribution in [2.75, 3.05) is 39.5 Å². The fraction of sp³-hybridized carbons (Fsp3) is 0.556. The highest BCUT2D eigenvalue weighted by Crippen LogP contribution is 2.21. The summed E-state index contributed by atoms with van der Waals surface area (Å²) in [6.07, 6.45) is -0.456. The topological polar surface area (TPSA) is 30.9 Å². The molecule has 0 radical (unpaired) electrons. The van der Waals surface area contributed by atoms with E-state index >= 15 is 0 Å². The highest BCUT2D eigenvalue weighted by molar-refractivity contribution is 5.28. The van der Waals surface area contributed by atoms with E-state index in [1.54, 1.807) is 0 Å². The monoisotopic (exact) mass is 303 g/mol.